The highest BCUT2D eigenvalue weighted by Gasteiger charge is 2.26. The Morgan fingerprint density at radius 2 is 1.97 bits per heavy atom. The zero-order valence-corrected chi connectivity index (χ0v) is 16.8. The molecule has 0 unspecified atom stereocenters. The molecule has 1 heterocycles. The number of amides is 1. The predicted molar refractivity (Wildman–Crippen MR) is 106 cm³/mol. The SMILES string of the molecule is CCOc1ccc2nc(SCC(=O)Nc3ccc(S(=O)(=O)C(F)F)cc3)[nH]c2c1. The number of imidazole rings is 1. The molecular weight excluding hydrogens is 424 g/mol. The summed E-state index contributed by atoms with van der Waals surface area (Å²) in [5.74, 6) is -3.08. The van der Waals surface area contributed by atoms with Crippen LogP contribution in [-0.4, -0.2) is 42.4 Å². The third kappa shape index (κ3) is 5.04. The van der Waals surface area contributed by atoms with Crippen LogP contribution in [-0.2, 0) is 14.6 Å². The number of H-pyrrole nitrogens is 1. The van der Waals surface area contributed by atoms with Crippen molar-refractivity contribution >= 4 is 44.2 Å². The molecule has 3 rings (SSSR count). The molecule has 1 aromatic heterocycles. The molecule has 0 aliphatic carbocycles. The van der Waals surface area contributed by atoms with Gasteiger partial charge in [0.2, 0.25) is 15.7 Å². The van der Waals surface area contributed by atoms with Gasteiger partial charge in [-0.3, -0.25) is 4.79 Å². The Balaban J connectivity index is 1.59. The maximum absolute atomic E-state index is 12.5. The van der Waals surface area contributed by atoms with Crippen LogP contribution < -0.4 is 10.1 Å². The summed E-state index contributed by atoms with van der Waals surface area (Å²) in [6.07, 6.45) is 0. The van der Waals surface area contributed by atoms with Gasteiger partial charge in [0.25, 0.3) is 0 Å². The molecule has 0 saturated heterocycles. The smallest absolute Gasteiger partial charge is 0.341 e. The number of rotatable bonds is 8. The van der Waals surface area contributed by atoms with Gasteiger partial charge in [-0.05, 0) is 43.3 Å². The quantitative estimate of drug-likeness (QED) is 0.517. The molecule has 3 aromatic rings. The fourth-order valence-electron chi connectivity index (χ4n) is 2.45. The number of anilines is 1. The van der Waals surface area contributed by atoms with E-state index in [1.54, 1.807) is 0 Å². The molecule has 0 radical (unpaired) electrons. The summed E-state index contributed by atoms with van der Waals surface area (Å²) >= 11 is 1.19. The second kappa shape index (κ2) is 8.78. The van der Waals surface area contributed by atoms with Crippen molar-refractivity contribution in [3.8, 4) is 5.75 Å². The molecular formula is C18H17F2N3O4S2. The first-order chi connectivity index (χ1) is 13.8. The lowest BCUT2D eigenvalue weighted by atomic mass is 10.3. The van der Waals surface area contributed by atoms with Crippen molar-refractivity contribution in [2.24, 2.45) is 0 Å². The van der Waals surface area contributed by atoms with Crippen LogP contribution in [0.1, 0.15) is 6.92 Å². The minimum atomic E-state index is -4.66. The second-order valence-electron chi connectivity index (χ2n) is 5.82. The van der Waals surface area contributed by atoms with E-state index < -0.39 is 20.5 Å². The van der Waals surface area contributed by atoms with Crippen LogP contribution in [0.2, 0.25) is 0 Å². The van der Waals surface area contributed by atoms with E-state index in [0.717, 1.165) is 28.9 Å². The van der Waals surface area contributed by atoms with Crippen LogP contribution in [0.15, 0.2) is 52.5 Å². The summed E-state index contributed by atoms with van der Waals surface area (Å²) in [6.45, 7) is 2.44. The normalized spacial score (nSPS) is 11.7. The number of benzene rings is 2. The summed E-state index contributed by atoms with van der Waals surface area (Å²) < 4.78 is 53.3. The Bertz CT molecular complexity index is 1120. The van der Waals surface area contributed by atoms with Crippen LogP contribution in [0.25, 0.3) is 11.0 Å². The summed E-state index contributed by atoms with van der Waals surface area (Å²) in [6, 6.07) is 10.0. The van der Waals surface area contributed by atoms with E-state index in [9.17, 15) is 22.0 Å². The Morgan fingerprint density at radius 3 is 2.62 bits per heavy atom. The van der Waals surface area contributed by atoms with Gasteiger partial charge in [-0.1, -0.05) is 11.8 Å². The topological polar surface area (TPSA) is 101 Å². The number of sulfone groups is 1. The van der Waals surface area contributed by atoms with E-state index in [2.05, 4.69) is 15.3 Å². The number of fused-ring (bicyclic) bond motifs is 1. The van der Waals surface area contributed by atoms with Gasteiger partial charge in [-0.25, -0.2) is 13.4 Å². The largest absolute Gasteiger partial charge is 0.494 e. The molecule has 0 saturated carbocycles. The number of nitrogens with zero attached hydrogens (tertiary/aromatic N) is 1. The number of aromatic nitrogens is 2. The lowest BCUT2D eigenvalue weighted by molar-refractivity contribution is -0.113. The predicted octanol–water partition coefficient (Wildman–Crippen LogP) is 3.69. The summed E-state index contributed by atoms with van der Waals surface area (Å²) in [7, 11) is -4.66. The average Bonchev–Trinajstić information content (AvgIpc) is 3.09. The fraction of sp³-hybridized carbons (Fsp3) is 0.222. The summed E-state index contributed by atoms with van der Waals surface area (Å²) in [4.78, 5) is 19.1. The lowest BCUT2D eigenvalue weighted by Gasteiger charge is -2.06. The number of carbonyl (C=O) groups excluding carboxylic acids is 1. The van der Waals surface area contributed by atoms with E-state index in [1.807, 2.05) is 25.1 Å². The van der Waals surface area contributed by atoms with Crippen LogP contribution in [0.3, 0.4) is 0 Å². The number of halogens is 2. The number of alkyl halides is 2. The third-order valence-corrected chi connectivity index (χ3v) is 6.06. The zero-order valence-electron chi connectivity index (χ0n) is 15.2. The molecule has 0 aliphatic heterocycles. The van der Waals surface area contributed by atoms with Crippen molar-refractivity contribution in [2.45, 2.75) is 22.7 Å². The van der Waals surface area contributed by atoms with Crippen molar-refractivity contribution in [3.63, 3.8) is 0 Å². The number of hydrogen-bond acceptors (Lipinski definition) is 6. The van der Waals surface area contributed by atoms with Crippen molar-refractivity contribution in [1.82, 2.24) is 9.97 Å². The van der Waals surface area contributed by atoms with Crippen molar-refractivity contribution < 1.29 is 26.7 Å². The maximum Gasteiger partial charge on any atom is 0.341 e. The molecule has 0 atom stereocenters. The van der Waals surface area contributed by atoms with Gasteiger partial charge < -0.3 is 15.0 Å². The Labute approximate surface area is 169 Å². The number of aromatic amines is 1. The second-order valence-corrected chi connectivity index (χ2v) is 8.70. The zero-order chi connectivity index (χ0) is 21.0. The number of ether oxygens (including phenoxy) is 1. The van der Waals surface area contributed by atoms with Gasteiger partial charge in [0, 0.05) is 11.8 Å². The molecule has 1 amide bonds. The van der Waals surface area contributed by atoms with Crippen LogP contribution in [0, 0.1) is 0 Å². The molecule has 0 bridgehead atoms. The summed E-state index contributed by atoms with van der Waals surface area (Å²) in [5, 5.41) is 3.13. The van der Waals surface area contributed by atoms with E-state index in [1.165, 1.54) is 23.9 Å². The molecule has 0 aliphatic rings. The van der Waals surface area contributed by atoms with Gasteiger partial charge >= 0.3 is 5.76 Å². The number of hydrogen-bond donors (Lipinski definition) is 2. The van der Waals surface area contributed by atoms with Gasteiger partial charge in [0.05, 0.1) is 28.3 Å². The average molecular weight is 441 g/mol. The fourth-order valence-corrected chi connectivity index (χ4v) is 3.86. The van der Waals surface area contributed by atoms with Crippen LogP contribution >= 0.6 is 11.8 Å². The molecule has 2 aromatic carbocycles. The van der Waals surface area contributed by atoms with Gasteiger partial charge in [0.1, 0.15) is 5.75 Å². The van der Waals surface area contributed by atoms with E-state index >= 15 is 0 Å². The Kier molecular flexibility index (Phi) is 6.38. The molecule has 11 heteroatoms. The number of thioether (sulfide) groups is 1. The molecule has 0 spiro atoms. The number of carbonyl (C=O) groups is 1. The lowest BCUT2D eigenvalue weighted by Crippen LogP contribution is -2.15. The highest BCUT2D eigenvalue weighted by atomic mass is 32.2. The van der Waals surface area contributed by atoms with E-state index in [4.69, 9.17) is 4.74 Å². The van der Waals surface area contributed by atoms with E-state index in [0.29, 0.717) is 17.5 Å². The molecule has 7 nitrogen and oxygen atoms in total. The Hall–Kier alpha value is -2.66. The highest BCUT2D eigenvalue weighted by Crippen LogP contribution is 2.24. The number of nitrogens with one attached hydrogen (secondary N) is 2. The van der Waals surface area contributed by atoms with Crippen LogP contribution in [0.4, 0.5) is 14.5 Å². The monoisotopic (exact) mass is 441 g/mol. The highest BCUT2D eigenvalue weighted by molar-refractivity contribution is 7.99. The van der Waals surface area contributed by atoms with Crippen molar-refractivity contribution in [2.75, 3.05) is 17.7 Å². The van der Waals surface area contributed by atoms with Crippen LogP contribution in [0.5, 0.6) is 5.75 Å². The minimum Gasteiger partial charge on any atom is -0.494 e. The molecule has 2 N–H and O–H groups in total. The molecule has 29 heavy (non-hydrogen) atoms. The Morgan fingerprint density at radius 1 is 1.24 bits per heavy atom. The van der Waals surface area contributed by atoms with Crippen molar-refractivity contribution in [1.29, 1.82) is 0 Å². The van der Waals surface area contributed by atoms with Gasteiger partial charge in [-0.15, -0.1) is 0 Å². The van der Waals surface area contributed by atoms with Gasteiger partial charge in [-0.2, -0.15) is 8.78 Å². The first-order valence-corrected chi connectivity index (χ1v) is 11.0. The molecule has 0 fully saturated rings. The minimum absolute atomic E-state index is 0.0508. The van der Waals surface area contributed by atoms with E-state index in [-0.39, 0.29) is 11.7 Å². The summed E-state index contributed by atoms with van der Waals surface area (Å²) in [5.41, 5.74) is 1.83. The standard InChI is InChI=1S/C18H17F2N3O4S2/c1-2-27-12-5-8-14-15(9-12)23-18(22-14)28-10-16(24)21-11-3-6-13(7-4-11)29(25,26)17(19)20/h3-9,17H,2,10H2,1H3,(H,21,24)(H,22,23). The molecule has 154 valence electrons. The third-order valence-electron chi connectivity index (χ3n) is 3.78. The van der Waals surface area contributed by atoms with Gasteiger partial charge in [0.15, 0.2) is 5.16 Å². The first-order valence-electron chi connectivity index (χ1n) is 8.47. The maximum atomic E-state index is 12.5. The van der Waals surface area contributed by atoms with Crippen molar-refractivity contribution in [3.05, 3.63) is 42.5 Å². The first kappa shape index (κ1) is 21.1.